The van der Waals surface area contributed by atoms with Gasteiger partial charge in [-0.3, -0.25) is 0 Å². The predicted octanol–water partition coefficient (Wildman–Crippen LogP) is 2.74. The smallest absolute Gasteiger partial charge is 0.369 e. The summed E-state index contributed by atoms with van der Waals surface area (Å²) in [6, 6.07) is 0. The maximum Gasteiger partial charge on any atom is 0.414 e. The number of hydrogen-bond acceptors (Lipinski definition) is 3. The zero-order valence-electron chi connectivity index (χ0n) is 9.84. The van der Waals surface area contributed by atoms with E-state index in [0.29, 0.717) is 19.6 Å². The topological polar surface area (TPSA) is 27.7 Å². The molecular weight excluding hydrogens is 225 g/mol. The fourth-order valence-electron chi connectivity index (χ4n) is 1.02. The van der Waals surface area contributed by atoms with Crippen LogP contribution < -0.4 is 0 Å². The fourth-order valence-corrected chi connectivity index (χ4v) is 1.02. The molecule has 3 nitrogen and oxygen atoms in total. The van der Waals surface area contributed by atoms with Crippen LogP contribution in [-0.4, -0.2) is 38.4 Å². The number of hydrogen-bond donors (Lipinski definition) is 0. The minimum atomic E-state index is -4.31. The molecule has 0 spiro atoms. The van der Waals surface area contributed by atoms with Crippen LogP contribution in [0.4, 0.5) is 13.2 Å². The van der Waals surface area contributed by atoms with Crippen LogP contribution in [0.5, 0.6) is 0 Å². The first-order valence-electron chi connectivity index (χ1n) is 5.33. The molecule has 16 heavy (non-hydrogen) atoms. The minimum absolute atomic E-state index is 0.0364. The highest BCUT2D eigenvalue weighted by Crippen LogP contribution is 2.22. The molecule has 1 unspecified atom stereocenters. The molecule has 1 atom stereocenters. The second kappa shape index (κ2) is 7.86. The van der Waals surface area contributed by atoms with Gasteiger partial charge in [-0.05, 0) is 20.8 Å². The number of halogens is 3. The summed E-state index contributed by atoms with van der Waals surface area (Å²) in [5.74, 6) is 0. The lowest BCUT2D eigenvalue weighted by Gasteiger charge is -2.20. The molecule has 6 heteroatoms. The zero-order valence-corrected chi connectivity index (χ0v) is 9.84. The van der Waals surface area contributed by atoms with Crippen LogP contribution in [0.3, 0.4) is 0 Å². The first-order chi connectivity index (χ1) is 7.41. The minimum Gasteiger partial charge on any atom is -0.369 e. The molecule has 0 amide bonds. The van der Waals surface area contributed by atoms with E-state index >= 15 is 0 Å². The number of rotatable bonds is 8. The predicted molar refractivity (Wildman–Crippen MR) is 53.1 cm³/mol. The third-order valence-electron chi connectivity index (χ3n) is 1.89. The molecule has 0 aromatic heterocycles. The first kappa shape index (κ1) is 15.7. The highest BCUT2D eigenvalue weighted by molar-refractivity contribution is 4.60. The Balaban J connectivity index is 3.76. The molecule has 0 aliphatic heterocycles. The third kappa shape index (κ3) is 7.03. The molecule has 0 radical (unpaired) electrons. The van der Waals surface area contributed by atoms with Gasteiger partial charge in [0.2, 0.25) is 0 Å². The monoisotopic (exact) mass is 244 g/mol. The van der Waals surface area contributed by atoms with Crippen molar-refractivity contribution in [2.75, 3.05) is 19.8 Å². The molecule has 0 saturated carbocycles. The quantitative estimate of drug-likeness (QED) is 0.614. The molecule has 0 fully saturated rings. The van der Waals surface area contributed by atoms with E-state index in [-0.39, 0.29) is 6.61 Å². The lowest BCUT2D eigenvalue weighted by Crippen LogP contribution is -2.30. The number of alkyl halides is 3. The van der Waals surface area contributed by atoms with Gasteiger partial charge in [-0.1, -0.05) is 0 Å². The second-order valence-corrected chi connectivity index (χ2v) is 3.18. The molecule has 0 aliphatic rings. The summed E-state index contributed by atoms with van der Waals surface area (Å²) in [5, 5.41) is 0. The molecule has 0 rings (SSSR count). The average molecular weight is 244 g/mol. The van der Waals surface area contributed by atoms with Crippen LogP contribution in [0.15, 0.2) is 0 Å². The van der Waals surface area contributed by atoms with Crippen molar-refractivity contribution in [3.8, 4) is 0 Å². The molecule has 0 bridgehead atoms. The molecular formula is C10H19F3O3. The SMILES string of the molecule is CCOC(CCOC(C)C(F)(F)F)OCC. The van der Waals surface area contributed by atoms with Crippen LogP contribution >= 0.6 is 0 Å². The highest BCUT2D eigenvalue weighted by Gasteiger charge is 2.36. The van der Waals surface area contributed by atoms with Gasteiger partial charge in [0, 0.05) is 19.6 Å². The van der Waals surface area contributed by atoms with E-state index in [1.807, 2.05) is 0 Å². The Kier molecular flexibility index (Phi) is 7.70. The summed E-state index contributed by atoms with van der Waals surface area (Å²) in [6.45, 7) is 5.46. The largest absolute Gasteiger partial charge is 0.414 e. The van der Waals surface area contributed by atoms with Gasteiger partial charge in [0.15, 0.2) is 12.4 Å². The summed E-state index contributed by atoms with van der Waals surface area (Å²) >= 11 is 0. The van der Waals surface area contributed by atoms with Crippen molar-refractivity contribution in [3.63, 3.8) is 0 Å². The van der Waals surface area contributed by atoms with Crippen molar-refractivity contribution in [2.24, 2.45) is 0 Å². The lowest BCUT2D eigenvalue weighted by molar-refractivity contribution is -0.221. The summed E-state index contributed by atoms with van der Waals surface area (Å²) in [7, 11) is 0. The summed E-state index contributed by atoms with van der Waals surface area (Å²) in [5.41, 5.74) is 0. The van der Waals surface area contributed by atoms with Gasteiger partial charge < -0.3 is 14.2 Å². The summed E-state index contributed by atoms with van der Waals surface area (Å²) < 4.78 is 51.2. The Morgan fingerprint density at radius 2 is 1.50 bits per heavy atom. The van der Waals surface area contributed by atoms with Crippen LogP contribution in [0, 0.1) is 0 Å². The first-order valence-corrected chi connectivity index (χ1v) is 5.33. The van der Waals surface area contributed by atoms with Gasteiger partial charge in [-0.2, -0.15) is 13.2 Å². The molecule has 0 aromatic carbocycles. The fraction of sp³-hybridized carbons (Fsp3) is 1.00. The van der Waals surface area contributed by atoms with Crippen LogP contribution in [0.1, 0.15) is 27.2 Å². The lowest BCUT2D eigenvalue weighted by atomic mass is 10.4. The average Bonchev–Trinajstić information content (AvgIpc) is 2.16. The zero-order chi connectivity index (χ0) is 12.6. The Hall–Kier alpha value is -0.330. The Morgan fingerprint density at radius 3 is 1.88 bits per heavy atom. The molecule has 0 aliphatic carbocycles. The third-order valence-corrected chi connectivity index (χ3v) is 1.89. The summed E-state index contributed by atoms with van der Waals surface area (Å²) in [6.07, 6.45) is -6.26. The van der Waals surface area contributed by atoms with E-state index in [9.17, 15) is 13.2 Å². The van der Waals surface area contributed by atoms with Gasteiger partial charge in [0.25, 0.3) is 0 Å². The van der Waals surface area contributed by atoms with Gasteiger partial charge in [0.1, 0.15) is 0 Å². The Bertz CT molecular complexity index is 167. The van der Waals surface area contributed by atoms with Crippen molar-refractivity contribution in [1.29, 1.82) is 0 Å². The van der Waals surface area contributed by atoms with E-state index < -0.39 is 18.6 Å². The molecule has 98 valence electrons. The second-order valence-electron chi connectivity index (χ2n) is 3.18. The number of ether oxygens (including phenoxy) is 3. The van der Waals surface area contributed by atoms with E-state index in [1.165, 1.54) is 0 Å². The van der Waals surface area contributed by atoms with Gasteiger partial charge in [-0.15, -0.1) is 0 Å². The van der Waals surface area contributed by atoms with Crippen molar-refractivity contribution < 1.29 is 27.4 Å². The van der Waals surface area contributed by atoms with Crippen molar-refractivity contribution in [1.82, 2.24) is 0 Å². The Labute approximate surface area is 93.9 Å². The van der Waals surface area contributed by atoms with E-state index in [0.717, 1.165) is 6.92 Å². The molecule has 0 saturated heterocycles. The normalized spacial score (nSPS) is 14.4. The van der Waals surface area contributed by atoms with Crippen molar-refractivity contribution in [3.05, 3.63) is 0 Å². The highest BCUT2D eigenvalue weighted by atomic mass is 19.4. The van der Waals surface area contributed by atoms with Crippen molar-refractivity contribution in [2.45, 2.75) is 45.8 Å². The van der Waals surface area contributed by atoms with Gasteiger partial charge in [-0.25, -0.2) is 0 Å². The molecule has 0 aromatic rings. The van der Waals surface area contributed by atoms with E-state index in [4.69, 9.17) is 9.47 Å². The maximum absolute atomic E-state index is 12.1. The maximum atomic E-state index is 12.1. The van der Waals surface area contributed by atoms with Gasteiger partial charge in [0.05, 0.1) is 6.61 Å². The van der Waals surface area contributed by atoms with Crippen LogP contribution in [0.2, 0.25) is 0 Å². The van der Waals surface area contributed by atoms with Gasteiger partial charge >= 0.3 is 6.18 Å². The van der Waals surface area contributed by atoms with Crippen molar-refractivity contribution >= 4 is 0 Å². The standard InChI is InChI=1S/C10H19F3O3/c1-4-14-9(15-5-2)6-7-16-8(3)10(11,12)13/h8-9H,4-7H2,1-3H3. The molecule has 0 heterocycles. The summed E-state index contributed by atoms with van der Waals surface area (Å²) in [4.78, 5) is 0. The Morgan fingerprint density at radius 1 is 1.00 bits per heavy atom. The van der Waals surface area contributed by atoms with Crippen LogP contribution in [-0.2, 0) is 14.2 Å². The van der Waals surface area contributed by atoms with E-state index in [2.05, 4.69) is 4.74 Å². The van der Waals surface area contributed by atoms with Crippen LogP contribution in [0.25, 0.3) is 0 Å². The molecule has 0 N–H and O–H groups in total. The van der Waals surface area contributed by atoms with E-state index in [1.54, 1.807) is 13.8 Å².